The van der Waals surface area contributed by atoms with E-state index in [4.69, 9.17) is 0 Å². The van der Waals surface area contributed by atoms with Crippen LogP contribution in [0.1, 0.15) is 27.0 Å². The number of piperazine rings is 1. The van der Waals surface area contributed by atoms with Crippen molar-refractivity contribution in [1.29, 1.82) is 0 Å². The molecule has 1 fully saturated rings. The molecule has 1 saturated heterocycles. The van der Waals surface area contributed by atoms with E-state index in [1.165, 1.54) is 16.2 Å². The number of rotatable bonds is 1. The molecule has 3 nitrogen and oxygen atoms in total. The fourth-order valence-electron chi connectivity index (χ4n) is 2.54. The molecule has 3 rings (SSSR count). The molecule has 2 aliphatic rings. The highest BCUT2D eigenvalue weighted by molar-refractivity contribution is 7.98. The Balaban J connectivity index is 1.81. The number of nitrogens with zero attached hydrogens (tertiary/aromatic N) is 1. The molecule has 0 aliphatic carbocycles. The zero-order valence-electron chi connectivity index (χ0n) is 10.6. The number of fused-ring (bicyclic) bond motifs is 1. The van der Waals surface area contributed by atoms with Crippen LogP contribution in [0, 0.1) is 0 Å². The summed E-state index contributed by atoms with van der Waals surface area (Å²) in [5.74, 6) is 2.51. The third-order valence-electron chi connectivity index (χ3n) is 3.60. The first kappa shape index (κ1) is 12.5. The van der Waals surface area contributed by atoms with Crippen molar-refractivity contribution < 1.29 is 4.79 Å². The van der Waals surface area contributed by atoms with Crippen molar-refractivity contribution in [3.8, 4) is 0 Å². The summed E-state index contributed by atoms with van der Waals surface area (Å²) in [4.78, 5) is 16.9. The summed E-state index contributed by atoms with van der Waals surface area (Å²) in [7, 11) is 0. The normalized spacial score (nSPS) is 23.8. The molecule has 1 atom stereocenters. The Morgan fingerprint density at radius 3 is 3.22 bits per heavy atom. The van der Waals surface area contributed by atoms with E-state index in [-0.39, 0.29) is 5.91 Å². The van der Waals surface area contributed by atoms with E-state index in [1.54, 1.807) is 11.3 Å². The highest BCUT2D eigenvalue weighted by Crippen LogP contribution is 2.32. The smallest absolute Gasteiger partial charge is 0.264 e. The molecule has 18 heavy (non-hydrogen) atoms. The number of thioether (sulfide) groups is 1. The van der Waals surface area contributed by atoms with Crippen LogP contribution in [0.15, 0.2) is 6.07 Å². The van der Waals surface area contributed by atoms with Crippen molar-refractivity contribution in [2.24, 2.45) is 0 Å². The molecule has 0 radical (unpaired) electrons. The van der Waals surface area contributed by atoms with E-state index in [0.29, 0.717) is 6.04 Å². The minimum absolute atomic E-state index is 0.230. The first-order chi connectivity index (χ1) is 8.75. The zero-order chi connectivity index (χ0) is 12.5. The molecule has 1 aromatic heterocycles. The number of nitrogens with one attached hydrogen (secondary N) is 1. The number of amides is 1. The fraction of sp³-hybridized carbons (Fsp3) is 0.615. The lowest BCUT2D eigenvalue weighted by atomic mass is 10.2. The molecule has 1 aromatic rings. The molecule has 1 N–H and O–H groups in total. The SMILES string of the molecule is C[C@@H]1CNCCN1C(=O)c1cc2c(s1)CCSC2. The summed E-state index contributed by atoms with van der Waals surface area (Å²) >= 11 is 3.68. The molecular formula is C13H18N2OS2. The lowest BCUT2D eigenvalue weighted by Gasteiger charge is -2.33. The fourth-order valence-corrected chi connectivity index (χ4v) is 4.87. The monoisotopic (exact) mass is 282 g/mol. The number of hydrogen-bond donors (Lipinski definition) is 1. The maximum absolute atomic E-state index is 12.5. The number of carbonyl (C=O) groups excluding carboxylic acids is 1. The van der Waals surface area contributed by atoms with Gasteiger partial charge in [-0.25, -0.2) is 0 Å². The molecule has 0 spiro atoms. The molecule has 0 unspecified atom stereocenters. The van der Waals surface area contributed by atoms with Crippen LogP contribution in [0.5, 0.6) is 0 Å². The maximum atomic E-state index is 12.5. The molecule has 5 heteroatoms. The van der Waals surface area contributed by atoms with Gasteiger partial charge in [-0.15, -0.1) is 11.3 Å². The Kier molecular flexibility index (Phi) is 3.63. The van der Waals surface area contributed by atoms with Crippen LogP contribution in [0.25, 0.3) is 0 Å². The van der Waals surface area contributed by atoms with Gasteiger partial charge in [0.2, 0.25) is 0 Å². The van der Waals surface area contributed by atoms with E-state index in [9.17, 15) is 4.79 Å². The third-order valence-corrected chi connectivity index (χ3v) is 5.83. The van der Waals surface area contributed by atoms with Gasteiger partial charge in [-0.3, -0.25) is 4.79 Å². The quantitative estimate of drug-likeness (QED) is 0.855. The Bertz CT molecular complexity index is 434. The highest BCUT2D eigenvalue weighted by atomic mass is 32.2. The number of hydrogen-bond acceptors (Lipinski definition) is 4. The highest BCUT2D eigenvalue weighted by Gasteiger charge is 2.26. The van der Waals surface area contributed by atoms with Crippen molar-refractivity contribution in [3.63, 3.8) is 0 Å². The molecule has 3 heterocycles. The van der Waals surface area contributed by atoms with Crippen LogP contribution in [-0.2, 0) is 12.2 Å². The van der Waals surface area contributed by atoms with Crippen LogP contribution in [0.3, 0.4) is 0 Å². The van der Waals surface area contributed by atoms with Gasteiger partial charge in [0.15, 0.2) is 0 Å². The molecule has 98 valence electrons. The molecular weight excluding hydrogens is 264 g/mol. The van der Waals surface area contributed by atoms with Gasteiger partial charge in [-0.1, -0.05) is 0 Å². The predicted octanol–water partition coefficient (Wildman–Crippen LogP) is 1.97. The van der Waals surface area contributed by atoms with Crippen molar-refractivity contribution in [2.45, 2.75) is 25.1 Å². The van der Waals surface area contributed by atoms with E-state index in [1.807, 2.05) is 16.7 Å². The Morgan fingerprint density at radius 2 is 2.44 bits per heavy atom. The molecule has 2 aliphatic heterocycles. The van der Waals surface area contributed by atoms with Gasteiger partial charge in [-0.05, 0) is 30.7 Å². The largest absolute Gasteiger partial charge is 0.333 e. The van der Waals surface area contributed by atoms with Crippen LogP contribution in [0.2, 0.25) is 0 Å². The minimum atomic E-state index is 0.230. The summed E-state index contributed by atoms with van der Waals surface area (Å²) in [5, 5.41) is 3.33. The van der Waals surface area contributed by atoms with Gasteiger partial charge >= 0.3 is 0 Å². The maximum Gasteiger partial charge on any atom is 0.264 e. The van der Waals surface area contributed by atoms with E-state index < -0.39 is 0 Å². The van der Waals surface area contributed by atoms with E-state index in [0.717, 1.165) is 36.7 Å². The van der Waals surface area contributed by atoms with E-state index in [2.05, 4.69) is 18.3 Å². The molecule has 0 bridgehead atoms. The zero-order valence-corrected chi connectivity index (χ0v) is 12.2. The average molecular weight is 282 g/mol. The second kappa shape index (κ2) is 5.23. The van der Waals surface area contributed by atoms with Crippen LogP contribution in [-0.4, -0.2) is 42.2 Å². The van der Waals surface area contributed by atoms with Crippen molar-refractivity contribution in [2.75, 3.05) is 25.4 Å². The van der Waals surface area contributed by atoms with Gasteiger partial charge in [-0.2, -0.15) is 11.8 Å². The topological polar surface area (TPSA) is 32.3 Å². The summed E-state index contributed by atoms with van der Waals surface area (Å²) < 4.78 is 0. The average Bonchev–Trinajstić information content (AvgIpc) is 2.82. The van der Waals surface area contributed by atoms with Gasteiger partial charge in [0.05, 0.1) is 4.88 Å². The standard InChI is InChI=1S/C13H18N2OS2/c1-9-7-14-3-4-15(9)13(16)12-6-10-8-17-5-2-11(10)18-12/h6,9,14H,2-5,7-8H2,1H3/t9-/m1/s1. The van der Waals surface area contributed by atoms with Crippen molar-refractivity contribution >= 4 is 29.0 Å². The van der Waals surface area contributed by atoms with Crippen molar-refractivity contribution in [1.82, 2.24) is 10.2 Å². The minimum Gasteiger partial charge on any atom is -0.333 e. The van der Waals surface area contributed by atoms with Gasteiger partial charge in [0.1, 0.15) is 0 Å². The van der Waals surface area contributed by atoms with Crippen LogP contribution >= 0.6 is 23.1 Å². The predicted molar refractivity (Wildman–Crippen MR) is 77.6 cm³/mol. The van der Waals surface area contributed by atoms with Gasteiger partial charge in [0, 0.05) is 36.3 Å². The lowest BCUT2D eigenvalue weighted by Crippen LogP contribution is -2.52. The first-order valence-electron chi connectivity index (χ1n) is 6.46. The Morgan fingerprint density at radius 1 is 1.56 bits per heavy atom. The Hall–Kier alpha value is -0.520. The summed E-state index contributed by atoms with van der Waals surface area (Å²) in [6.07, 6.45) is 1.13. The first-order valence-corrected chi connectivity index (χ1v) is 8.44. The Labute approximate surface area is 116 Å². The third kappa shape index (κ3) is 2.31. The second-order valence-electron chi connectivity index (χ2n) is 4.91. The van der Waals surface area contributed by atoms with Gasteiger partial charge < -0.3 is 10.2 Å². The number of carbonyl (C=O) groups is 1. The second-order valence-corrected chi connectivity index (χ2v) is 7.16. The lowest BCUT2D eigenvalue weighted by molar-refractivity contribution is 0.0661. The molecule has 0 aromatic carbocycles. The number of aryl methyl sites for hydroxylation is 1. The van der Waals surface area contributed by atoms with Crippen LogP contribution in [0.4, 0.5) is 0 Å². The van der Waals surface area contributed by atoms with Crippen LogP contribution < -0.4 is 5.32 Å². The summed E-state index contributed by atoms with van der Waals surface area (Å²) in [6, 6.07) is 2.43. The van der Waals surface area contributed by atoms with Crippen molar-refractivity contribution in [3.05, 3.63) is 21.4 Å². The van der Waals surface area contributed by atoms with E-state index >= 15 is 0 Å². The number of thiophene rings is 1. The summed E-state index contributed by atoms with van der Waals surface area (Å²) in [6.45, 7) is 4.77. The molecule has 1 amide bonds. The van der Waals surface area contributed by atoms with Gasteiger partial charge in [0.25, 0.3) is 5.91 Å². The molecule has 0 saturated carbocycles. The summed E-state index contributed by atoms with van der Waals surface area (Å²) in [5.41, 5.74) is 1.39.